The van der Waals surface area contributed by atoms with Crippen molar-refractivity contribution in [3.63, 3.8) is 0 Å². The molecule has 2 N–H and O–H groups in total. The number of hydrogen-bond donors (Lipinski definition) is 2. The first-order chi connectivity index (χ1) is 15.8. The lowest BCUT2D eigenvalue weighted by atomic mass is 9.95. The highest BCUT2D eigenvalue weighted by Crippen LogP contribution is 2.36. The molecule has 1 fully saturated rings. The van der Waals surface area contributed by atoms with Crippen LogP contribution in [-0.4, -0.2) is 76.7 Å². The summed E-state index contributed by atoms with van der Waals surface area (Å²) < 4.78 is 13.5. The van der Waals surface area contributed by atoms with Crippen LogP contribution in [0.4, 0.5) is 4.39 Å². The van der Waals surface area contributed by atoms with Crippen molar-refractivity contribution in [1.82, 2.24) is 14.8 Å². The third kappa shape index (κ3) is 7.06. The second-order valence-electron chi connectivity index (χ2n) is 8.04. The summed E-state index contributed by atoms with van der Waals surface area (Å²) in [6.45, 7) is 5.76. The minimum Gasteiger partial charge on any atom is -0.478 e. The summed E-state index contributed by atoms with van der Waals surface area (Å²) in [7, 11) is 2.19. The van der Waals surface area contributed by atoms with Crippen molar-refractivity contribution < 1.29 is 24.2 Å². The molecule has 2 aromatic rings. The molecule has 1 aromatic carbocycles. The molecule has 33 heavy (non-hydrogen) atoms. The highest BCUT2D eigenvalue weighted by Gasteiger charge is 2.20. The molecule has 0 unspecified atom stereocenters. The summed E-state index contributed by atoms with van der Waals surface area (Å²) in [5, 5.41) is 15.6. The maximum atomic E-state index is 13.5. The van der Waals surface area contributed by atoms with Gasteiger partial charge in [0.05, 0.1) is 0 Å². The van der Waals surface area contributed by atoms with Gasteiger partial charge < -0.3 is 20.0 Å². The molecule has 1 aromatic heterocycles. The number of nitrogens with zero attached hydrogens (tertiary/aromatic N) is 3. The second-order valence-corrected chi connectivity index (χ2v) is 8.04. The first-order valence-corrected chi connectivity index (χ1v) is 10.8. The number of aromatic nitrogens is 1. The van der Waals surface area contributed by atoms with E-state index in [1.807, 2.05) is 6.07 Å². The van der Waals surface area contributed by atoms with Gasteiger partial charge in [-0.15, -0.1) is 0 Å². The molecule has 1 aliphatic heterocycles. The molecule has 4 rings (SSSR count). The normalized spacial score (nSPS) is 16.1. The lowest BCUT2D eigenvalue weighted by Gasteiger charge is -2.32. The number of rotatable bonds is 6. The average molecular weight is 454 g/mol. The van der Waals surface area contributed by atoms with Gasteiger partial charge in [0, 0.05) is 57.1 Å². The Morgan fingerprint density at radius 1 is 1.06 bits per heavy atom. The van der Waals surface area contributed by atoms with E-state index in [4.69, 9.17) is 10.2 Å². The van der Waals surface area contributed by atoms with Gasteiger partial charge in [-0.2, -0.15) is 4.39 Å². The van der Waals surface area contributed by atoms with Gasteiger partial charge in [0.15, 0.2) is 0 Å². The number of benzene rings is 1. The van der Waals surface area contributed by atoms with E-state index in [9.17, 15) is 14.0 Å². The van der Waals surface area contributed by atoms with Crippen LogP contribution in [0.15, 0.2) is 54.8 Å². The van der Waals surface area contributed by atoms with E-state index < -0.39 is 17.9 Å². The number of carboxylic acids is 2. The Labute approximate surface area is 192 Å². The molecule has 0 atom stereocenters. The molecule has 0 spiro atoms. The van der Waals surface area contributed by atoms with Crippen LogP contribution in [0, 0.1) is 5.95 Å². The Morgan fingerprint density at radius 3 is 2.36 bits per heavy atom. The van der Waals surface area contributed by atoms with E-state index in [2.05, 4.69) is 46.1 Å². The zero-order chi connectivity index (χ0) is 23.8. The number of halogens is 1. The van der Waals surface area contributed by atoms with Crippen LogP contribution in [-0.2, 0) is 16.0 Å². The number of carbonyl (C=O) groups is 2. The lowest BCUT2D eigenvalue weighted by Crippen LogP contribution is -2.44. The largest absolute Gasteiger partial charge is 0.478 e. The molecule has 1 aliphatic carbocycles. The summed E-state index contributed by atoms with van der Waals surface area (Å²) >= 11 is 0. The van der Waals surface area contributed by atoms with Crippen LogP contribution in [0.1, 0.15) is 17.5 Å². The van der Waals surface area contributed by atoms with E-state index in [1.165, 1.54) is 22.8 Å². The van der Waals surface area contributed by atoms with Gasteiger partial charge in [0.25, 0.3) is 0 Å². The number of allylic oxidation sites excluding steroid dienone is 1. The van der Waals surface area contributed by atoms with Gasteiger partial charge in [-0.05, 0) is 53.8 Å². The summed E-state index contributed by atoms with van der Waals surface area (Å²) in [6, 6.07) is 9.80. The van der Waals surface area contributed by atoms with E-state index in [-0.39, 0.29) is 0 Å². The average Bonchev–Trinajstić information content (AvgIpc) is 3.21. The summed E-state index contributed by atoms with van der Waals surface area (Å²) in [6.07, 6.45) is 7.03. The van der Waals surface area contributed by atoms with Crippen molar-refractivity contribution in [3.8, 4) is 11.1 Å². The first kappa shape index (κ1) is 24.3. The Hall–Kier alpha value is -3.36. The third-order valence-corrected chi connectivity index (χ3v) is 5.77. The molecule has 0 amide bonds. The summed E-state index contributed by atoms with van der Waals surface area (Å²) in [4.78, 5) is 27.7. The van der Waals surface area contributed by atoms with E-state index in [0.717, 1.165) is 56.7 Å². The molecular formula is C25H28FN3O4. The van der Waals surface area contributed by atoms with Gasteiger partial charge in [-0.3, -0.25) is 0 Å². The van der Waals surface area contributed by atoms with E-state index >= 15 is 0 Å². The smallest absolute Gasteiger partial charge is 0.328 e. The molecule has 0 bridgehead atoms. The van der Waals surface area contributed by atoms with Crippen LogP contribution in [0.2, 0.25) is 0 Å². The third-order valence-electron chi connectivity index (χ3n) is 5.77. The number of carboxylic acid groups (broad SMARTS) is 2. The number of fused-ring (bicyclic) bond motifs is 1. The zero-order valence-electron chi connectivity index (χ0n) is 18.6. The summed E-state index contributed by atoms with van der Waals surface area (Å²) in [5.41, 5.74) is 6.14. The quantitative estimate of drug-likeness (QED) is 0.513. The van der Waals surface area contributed by atoms with Gasteiger partial charge in [-0.1, -0.05) is 24.3 Å². The van der Waals surface area contributed by atoms with Crippen LogP contribution in [0.5, 0.6) is 0 Å². The molecule has 174 valence electrons. The molecule has 8 heteroatoms. The van der Waals surface area contributed by atoms with Gasteiger partial charge in [-0.25, -0.2) is 14.6 Å². The minimum absolute atomic E-state index is 0.420. The number of hydrogen-bond acceptors (Lipinski definition) is 5. The molecular weight excluding hydrogens is 425 g/mol. The maximum absolute atomic E-state index is 13.5. The van der Waals surface area contributed by atoms with Crippen LogP contribution >= 0.6 is 0 Å². The molecule has 7 nitrogen and oxygen atoms in total. The van der Waals surface area contributed by atoms with Gasteiger partial charge in [0.1, 0.15) is 0 Å². The van der Waals surface area contributed by atoms with Crippen LogP contribution < -0.4 is 0 Å². The minimum atomic E-state index is -1.26. The van der Waals surface area contributed by atoms with E-state index in [1.54, 1.807) is 6.20 Å². The fraction of sp³-hybridized carbons (Fsp3) is 0.320. The Kier molecular flexibility index (Phi) is 8.46. The SMILES string of the molecule is CN1CCN(CCC2=CCc3c2cccc3-c2ccnc(F)c2)CC1.O=C(O)C=CC(=O)O. The highest BCUT2D eigenvalue weighted by atomic mass is 19.1. The second kappa shape index (κ2) is 11.5. The zero-order valence-corrected chi connectivity index (χ0v) is 18.6. The summed E-state index contributed by atoms with van der Waals surface area (Å²) in [5.74, 6) is -2.93. The van der Waals surface area contributed by atoms with Gasteiger partial charge >= 0.3 is 11.9 Å². The fourth-order valence-corrected chi connectivity index (χ4v) is 4.01. The van der Waals surface area contributed by atoms with Crippen molar-refractivity contribution >= 4 is 17.5 Å². The predicted molar refractivity (Wildman–Crippen MR) is 124 cm³/mol. The maximum Gasteiger partial charge on any atom is 0.328 e. The molecule has 2 aliphatic rings. The number of pyridine rings is 1. The highest BCUT2D eigenvalue weighted by molar-refractivity contribution is 5.89. The fourth-order valence-electron chi connectivity index (χ4n) is 4.01. The molecule has 1 saturated heterocycles. The van der Waals surface area contributed by atoms with Crippen LogP contribution in [0.3, 0.4) is 0 Å². The Bertz CT molecular complexity index is 1040. The van der Waals surface area contributed by atoms with Crippen molar-refractivity contribution in [3.05, 3.63) is 71.8 Å². The van der Waals surface area contributed by atoms with E-state index in [0.29, 0.717) is 12.2 Å². The van der Waals surface area contributed by atoms with Crippen molar-refractivity contribution in [2.24, 2.45) is 0 Å². The standard InChI is InChI=1S/C21H24FN3.C4H4O4/c1-24-11-13-25(14-12-24)10-8-16-5-6-20-18(16)3-2-4-19(20)17-7-9-23-21(22)15-17;5-3(6)1-2-4(7)8/h2-5,7,9,15H,6,8,10-14H2,1H3;1-2H,(H,5,6)(H,7,8). The number of piperazine rings is 1. The van der Waals surface area contributed by atoms with Crippen molar-refractivity contribution in [2.45, 2.75) is 12.8 Å². The Morgan fingerprint density at radius 2 is 1.73 bits per heavy atom. The lowest BCUT2D eigenvalue weighted by molar-refractivity contribution is -0.134. The predicted octanol–water partition coefficient (Wildman–Crippen LogP) is 3.18. The molecule has 2 heterocycles. The van der Waals surface area contributed by atoms with Crippen LogP contribution in [0.25, 0.3) is 16.7 Å². The molecule has 0 radical (unpaired) electrons. The van der Waals surface area contributed by atoms with Crippen molar-refractivity contribution in [2.75, 3.05) is 39.8 Å². The topological polar surface area (TPSA) is 94.0 Å². The molecule has 0 saturated carbocycles. The Balaban J connectivity index is 0.000000331. The monoisotopic (exact) mass is 453 g/mol. The first-order valence-electron chi connectivity index (χ1n) is 10.8. The van der Waals surface area contributed by atoms with Gasteiger partial charge in [0.2, 0.25) is 5.95 Å². The van der Waals surface area contributed by atoms with Crippen molar-refractivity contribution in [1.29, 1.82) is 0 Å². The number of aliphatic carboxylic acids is 2. The number of likely N-dealkylation sites (N-methyl/N-ethyl adjacent to an activating group) is 1.